The lowest BCUT2D eigenvalue weighted by atomic mass is 10.0. The molecule has 0 saturated carbocycles. The summed E-state index contributed by atoms with van der Waals surface area (Å²) in [6.45, 7) is 6.32. The highest BCUT2D eigenvalue weighted by molar-refractivity contribution is 5.76. The summed E-state index contributed by atoms with van der Waals surface area (Å²) in [5, 5.41) is 11.7. The summed E-state index contributed by atoms with van der Waals surface area (Å²) in [6.07, 6.45) is 2.86. The average Bonchev–Trinajstić information content (AvgIpc) is 2.35. The third kappa shape index (κ3) is 5.88. The van der Waals surface area contributed by atoms with Crippen LogP contribution in [0, 0.1) is 13.8 Å². The highest BCUT2D eigenvalue weighted by Gasteiger charge is 2.08. The molecule has 0 saturated heterocycles. The van der Waals surface area contributed by atoms with Gasteiger partial charge in [0.15, 0.2) is 0 Å². The van der Waals surface area contributed by atoms with Gasteiger partial charge in [-0.05, 0) is 51.2 Å². The van der Waals surface area contributed by atoms with E-state index >= 15 is 0 Å². The van der Waals surface area contributed by atoms with Crippen LogP contribution in [0.15, 0.2) is 18.2 Å². The number of hydrogen-bond acceptors (Lipinski definition) is 2. The zero-order valence-electron chi connectivity index (χ0n) is 12.2. The second-order valence-electron chi connectivity index (χ2n) is 5.26. The van der Waals surface area contributed by atoms with E-state index in [-0.39, 0.29) is 18.6 Å². The van der Waals surface area contributed by atoms with E-state index in [2.05, 4.69) is 37.4 Å². The molecule has 3 nitrogen and oxygen atoms in total. The van der Waals surface area contributed by atoms with Gasteiger partial charge in [0.2, 0.25) is 5.91 Å². The Kier molecular flexibility index (Phi) is 6.57. The van der Waals surface area contributed by atoms with E-state index in [4.69, 9.17) is 5.11 Å². The molecule has 1 atom stereocenters. The van der Waals surface area contributed by atoms with E-state index in [0.717, 1.165) is 19.3 Å². The average molecular weight is 263 g/mol. The Morgan fingerprint density at radius 3 is 2.74 bits per heavy atom. The molecule has 1 rings (SSSR count). The lowest BCUT2D eigenvalue weighted by molar-refractivity contribution is -0.121. The minimum atomic E-state index is 0.0883. The minimum absolute atomic E-state index is 0.0883. The van der Waals surface area contributed by atoms with Gasteiger partial charge < -0.3 is 10.4 Å². The van der Waals surface area contributed by atoms with Crippen LogP contribution in [0.3, 0.4) is 0 Å². The third-order valence-electron chi connectivity index (χ3n) is 3.32. The molecule has 106 valence electrons. The van der Waals surface area contributed by atoms with Crippen molar-refractivity contribution >= 4 is 5.91 Å². The van der Waals surface area contributed by atoms with Crippen LogP contribution in [0.5, 0.6) is 0 Å². The molecule has 1 aromatic carbocycles. The Labute approximate surface area is 116 Å². The van der Waals surface area contributed by atoms with Gasteiger partial charge in [0.25, 0.3) is 0 Å². The third-order valence-corrected chi connectivity index (χ3v) is 3.32. The number of hydrogen-bond donors (Lipinski definition) is 2. The van der Waals surface area contributed by atoms with Gasteiger partial charge in [0, 0.05) is 19.1 Å². The summed E-state index contributed by atoms with van der Waals surface area (Å²) in [6, 6.07) is 6.48. The second kappa shape index (κ2) is 7.95. The van der Waals surface area contributed by atoms with E-state index in [1.165, 1.54) is 16.7 Å². The highest BCUT2D eigenvalue weighted by atomic mass is 16.2. The highest BCUT2D eigenvalue weighted by Crippen LogP contribution is 2.12. The summed E-state index contributed by atoms with van der Waals surface area (Å²) in [5.74, 6) is 0.0883. The van der Waals surface area contributed by atoms with Gasteiger partial charge in [0.1, 0.15) is 0 Å². The molecule has 0 fully saturated rings. The molecule has 0 spiro atoms. The Bertz CT molecular complexity index is 415. The van der Waals surface area contributed by atoms with Gasteiger partial charge in [-0.3, -0.25) is 4.79 Å². The number of nitrogens with one attached hydrogen (secondary N) is 1. The molecule has 1 unspecified atom stereocenters. The zero-order chi connectivity index (χ0) is 14.3. The predicted octanol–water partition coefficient (Wildman–Crippen LogP) is 2.51. The van der Waals surface area contributed by atoms with Crippen molar-refractivity contribution in [3.8, 4) is 0 Å². The molecule has 2 N–H and O–H groups in total. The van der Waals surface area contributed by atoms with Crippen molar-refractivity contribution < 1.29 is 9.90 Å². The quantitative estimate of drug-likeness (QED) is 0.794. The maximum atomic E-state index is 11.8. The molecule has 3 heteroatoms. The van der Waals surface area contributed by atoms with Gasteiger partial charge in [-0.2, -0.15) is 0 Å². The monoisotopic (exact) mass is 263 g/mol. The number of amides is 1. The zero-order valence-corrected chi connectivity index (χ0v) is 12.2. The summed E-state index contributed by atoms with van der Waals surface area (Å²) >= 11 is 0. The van der Waals surface area contributed by atoms with Gasteiger partial charge >= 0.3 is 0 Å². The Balaban J connectivity index is 2.37. The van der Waals surface area contributed by atoms with Crippen LogP contribution in [0.4, 0.5) is 0 Å². The molecule has 0 aromatic heterocycles. The van der Waals surface area contributed by atoms with Crippen molar-refractivity contribution in [1.82, 2.24) is 5.32 Å². The van der Waals surface area contributed by atoms with Crippen LogP contribution in [0.2, 0.25) is 0 Å². The maximum Gasteiger partial charge on any atom is 0.220 e. The van der Waals surface area contributed by atoms with Gasteiger partial charge in [-0.25, -0.2) is 0 Å². The molecular formula is C16H25NO2. The van der Waals surface area contributed by atoms with Crippen molar-refractivity contribution in [2.24, 2.45) is 0 Å². The van der Waals surface area contributed by atoms with Crippen LogP contribution >= 0.6 is 0 Å². The predicted molar refractivity (Wildman–Crippen MR) is 78.2 cm³/mol. The molecule has 0 bridgehead atoms. The minimum Gasteiger partial charge on any atom is -0.396 e. The van der Waals surface area contributed by atoms with E-state index in [9.17, 15) is 4.79 Å². The standard InChI is InChI=1S/C16H25NO2/c1-12-6-7-15(13(2)11-12)8-9-16(19)17-14(3)5-4-10-18/h6-7,11,14,18H,4-5,8-10H2,1-3H3,(H,17,19). The van der Waals surface area contributed by atoms with Crippen molar-refractivity contribution in [1.29, 1.82) is 0 Å². The van der Waals surface area contributed by atoms with Crippen LogP contribution in [-0.4, -0.2) is 23.7 Å². The van der Waals surface area contributed by atoms with Crippen LogP contribution in [0.25, 0.3) is 0 Å². The van der Waals surface area contributed by atoms with Gasteiger partial charge in [-0.15, -0.1) is 0 Å². The van der Waals surface area contributed by atoms with Crippen LogP contribution < -0.4 is 5.32 Å². The van der Waals surface area contributed by atoms with E-state index in [0.29, 0.717) is 6.42 Å². The Morgan fingerprint density at radius 1 is 1.37 bits per heavy atom. The normalized spacial score (nSPS) is 12.2. The first-order chi connectivity index (χ1) is 9.02. The number of carbonyl (C=O) groups is 1. The molecule has 19 heavy (non-hydrogen) atoms. The maximum absolute atomic E-state index is 11.8. The fraction of sp³-hybridized carbons (Fsp3) is 0.562. The summed E-state index contributed by atoms with van der Waals surface area (Å²) in [4.78, 5) is 11.8. The fourth-order valence-electron chi connectivity index (χ4n) is 2.19. The van der Waals surface area contributed by atoms with E-state index in [1.807, 2.05) is 6.92 Å². The van der Waals surface area contributed by atoms with Crippen molar-refractivity contribution in [3.63, 3.8) is 0 Å². The van der Waals surface area contributed by atoms with Crippen LogP contribution in [-0.2, 0) is 11.2 Å². The summed E-state index contributed by atoms with van der Waals surface area (Å²) in [5.41, 5.74) is 3.74. The summed E-state index contributed by atoms with van der Waals surface area (Å²) < 4.78 is 0. The topological polar surface area (TPSA) is 49.3 Å². The smallest absolute Gasteiger partial charge is 0.220 e. The first-order valence-corrected chi connectivity index (χ1v) is 6.99. The number of benzene rings is 1. The lowest BCUT2D eigenvalue weighted by Gasteiger charge is -2.13. The molecule has 0 aliphatic heterocycles. The van der Waals surface area contributed by atoms with Gasteiger partial charge in [-0.1, -0.05) is 23.8 Å². The number of aryl methyl sites for hydroxylation is 3. The molecular weight excluding hydrogens is 238 g/mol. The molecule has 0 aliphatic carbocycles. The molecule has 1 aromatic rings. The van der Waals surface area contributed by atoms with Crippen molar-refractivity contribution in [2.75, 3.05) is 6.61 Å². The summed E-state index contributed by atoms with van der Waals surface area (Å²) in [7, 11) is 0. The van der Waals surface area contributed by atoms with E-state index < -0.39 is 0 Å². The largest absolute Gasteiger partial charge is 0.396 e. The first kappa shape index (κ1) is 15.7. The number of rotatable bonds is 7. The second-order valence-corrected chi connectivity index (χ2v) is 5.26. The Hall–Kier alpha value is -1.35. The Morgan fingerprint density at radius 2 is 2.11 bits per heavy atom. The van der Waals surface area contributed by atoms with E-state index in [1.54, 1.807) is 0 Å². The SMILES string of the molecule is Cc1ccc(CCC(=O)NC(C)CCCO)c(C)c1. The van der Waals surface area contributed by atoms with Crippen LogP contribution in [0.1, 0.15) is 42.9 Å². The van der Waals surface area contributed by atoms with Gasteiger partial charge in [0.05, 0.1) is 0 Å². The number of aliphatic hydroxyl groups excluding tert-OH is 1. The number of carbonyl (C=O) groups excluding carboxylic acids is 1. The lowest BCUT2D eigenvalue weighted by Crippen LogP contribution is -2.32. The molecule has 0 radical (unpaired) electrons. The van der Waals surface area contributed by atoms with Crippen molar-refractivity contribution in [2.45, 2.75) is 52.5 Å². The first-order valence-electron chi connectivity index (χ1n) is 6.99. The molecule has 0 aliphatic rings. The fourth-order valence-corrected chi connectivity index (χ4v) is 2.19. The molecule has 0 heterocycles. The number of aliphatic hydroxyl groups is 1. The van der Waals surface area contributed by atoms with Crippen molar-refractivity contribution in [3.05, 3.63) is 34.9 Å². The molecule has 1 amide bonds.